The van der Waals surface area contributed by atoms with Gasteiger partial charge in [-0.05, 0) is 30.0 Å². The van der Waals surface area contributed by atoms with Crippen LogP contribution in [0.1, 0.15) is 24.8 Å². The lowest BCUT2D eigenvalue weighted by atomic mass is 10.2. The van der Waals surface area contributed by atoms with Gasteiger partial charge in [0.2, 0.25) is 0 Å². The van der Waals surface area contributed by atoms with Gasteiger partial charge in [0.15, 0.2) is 5.96 Å². The Balaban J connectivity index is 1.74. The van der Waals surface area contributed by atoms with E-state index in [-0.39, 0.29) is 0 Å². The van der Waals surface area contributed by atoms with Gasteiger partial charge in [-0.3, -0.25) is 4.99 Å². The number of nitrogens with one attached hydrogen (secondary N) is 2. The van der Waals surface area contributed by atoms with Crippen molar-refractivity contribution in [3.8, 4) is 5.75 Å². The summed E-state index contributed by atoms with van der Waals surface area (Å²) in [5, 5.41) is 6.66. The second-order valence-electron chi connectivity index (χ2n) is 4.94. The van der Waals surface area contributed by atoms with Gasteiger partial charge in [-0.2, -0.15) is 0 Å². The Morgan fingerprint density at radius 3 is 2.89 bits per heavy atom. The first kappa shape index (κ1) is 13.7. The average molecular weight is 261 g/mol. The van der Waals surface area contributed by atoms with E-state index in [4.69, 9.17) is 4.74 Å². The highest BCUT2D eigenvalue weighted by Crippen LogP contribution is 2.31. The molecule has 0 saturated heterocycles. The number of ether oxygens (including phenoxy) is 1. The van der Waals surface area contributed by atoms with E-state index >= 15 is 0 Å². The van der Waals surface area contributed by atoms with Gasteiger partial charge in [-0.15, -0.1) is 0 Å². The molecule has 1 fully saturated rings. The number of nitrogens with zero attached hydrogens (tertiary/aromatic N) is 1. The maximum absolute atomic E-state index is 5.21. The Morgan fingerprint density at radius 2 is 2.21 bits per heavy atom. The minimum Gasteiger partial charge on any atom is -0.497 e. The molecule has 1 aliphatic carbocycles. The van der Waals surface area contributed by atoms with Gasteiger partial charge in [-0.25, -0.2) is 0 Å². The number of guanidine groups is 1. The predicted molar refractivity (Wildman–Crippen MR) is 78.5 cm³/mol. The summed E-state index contributed by atoms with van der Waals surface area (Å²) in [6, 6.07) is 8.06. The minimum absolute atomic E-state index is 0.750. The summed E-state index contributed by atoms with van der Waals surface area (Å²) in [5.41, 5.74) is 1.18. The van der Waals surface area contributed by atoms with E-state index in [2.05, 4.69) is 21.7 Å². The first-order valence-electron chi connectivity index (χ1n) is 6.89. The Labute approximate surface area is 115 Å². The normalized spacial score (nSPS) is 15.2. The molecule has 0 unspecified atom stereocenters. The van der Waals surface area contributed by atoms with Crippen LogP contribution in [-0.4, -0.2) is 26.7 Å². The molecular formula is C15H23N3O. The topological polar surface area (TPSA) is 45.7 Å². The molecule has 2 rings (SSSR count). The molecule has 2 N–H and O–H groups in total. The van der Waals surface area contributed by atoms with E-state index in [1.807, 2.05) is 18.2 Å². The monoisotopic (exact) mass is 261 g/mol. The molecule has 0 aliphatic heterocycles. The largest absolute Gasteiger partial charge is 0.497 e. The zero-order chi connectivity index (χ0) is 13.5. The molecule has 19 heavy (non-hydrogen) atoms. The number of rotatable bonds is 6. The van der Waals surface area contributed by atoms with Crippen LogP contribution in [0.15, 0.2) is 29.3 Å². The van der Waals surface area contributed by atoms with Crippen molar-refractivity contribution in [2.24, 2.45) is 10.9 Å². The van der Waals surface area contributed by atoms with Crippen molar-refractivity contribution in [1.29, 1.82) is 0 Å². The zero-order valence-electron chi connectivity index (χ0n) is 11.8. The standard InChI is InChI=1S/C15H23N3O/c1-16-15(17-9-8-12-6-7-12)18-11-13-4-3-5-14(10-13)19-2/h3-5,10,12H,6-9,11H2,1-2H3,(H2,16,17,18). The average Bonchev–Trinajstić information content (AvgIpc) is 3.27. The van der Waals surface area contributed by atoms with E-state index < -0.39 is 0 Å². The SMILES string of the molecule is CN=C(NCCC1CC1)NCc1cccc(OC)c1. The Bertz CT molecular complexity index is 427. The fourth-order valence-electron chi connectivity index (χ4n) is 1.99. The van der Waals surface area contributed by atoms with Crippen molar-refractivity contribution in [1.82, 2.24) is 10.6 Å². The van der Waals surface area contributed by atoms with Crippen LogP contribution in [0.4, 0.5) is 0 Å². The third kappa shape index (κ3) is 4.81. The van der Waals surface area contributed by atoms with Crippen molar-refractivity contribution in [3.05, 3.63) is 29.8 Å². The summed E-state index contributed by atoms with van der Waals surface area (Å²) in [4.78, 5) is 4.23. The maximum atomic E-state index is 5.21. The zero-order valence-corrected chi connectivity index (χ0v) is 11.8. The van der Waals surface area contributed by atoms with Gasteiger partial charge in [0, 0.05) is 20.1 Å². The molecule has 104 valence electrons. The maximum Gasteiger partial charge on any atom is 0.191 e. The summed E-state index contributed by atoms with van der Waals surface area (Å²) >= 11 is 0. The molecule has 0 heterocycles. The lowest BCUT2D eigenvalue weighted by Crippen LogP contribution is -2.37. The Morgan fingerprint density at radius 1 is 1.37 bits per heavy atom. The van der Waals surface area contributed by atoms with E-state index in [1.165, 1.54) is 24.8 Å². The van der Waals surface area contributed by atoms with E-state index in [1.54, 1.807) is 14.2 Å². The predicted octanol–water partition coefficient (Wildman–Crippen LogP) is 2.16. The highest BCUT2D eigenvalue weighted by Gasteiger charge is 2.20. The van der Waals surface area contributed by atoms with Crippen LogP contribution in [0.5, 0.6) is 5.75 Å². The highest BCUT2D eigenvalue weighted by atomic mass is 16.5. The summed E-state index contributed by atoms with van der Waals surface area (Å²) < 4.78 is 5.21. The number of aliphatic imine (C=N–C) groups is 1. The molecule has 0 amide bonds. The molecule has 0 bridgehead atoms. The van der Waals surface area contributed by atoms with Crippen LogP contribution in [0.3, 0.4) is 0 Å². The highest BCUT2D eigenvalue weighted by molar-refractivity contribution is 5.79. The van der Waals surface area contributed by atoms with Crippen molar-refractivity contribution in [2.45, 2.75) is 25.8 Å². The van der Waals surface area contributed by atoms with E-state index in [0.717, 1.165) is 30.7 Å². The lowest BCUT2D eigenvalue weighted by Gasteiger charge is -2.12. The van der Waals surface area contributed by atoms with E-state index in [9.17, 15) is 0 Å². The molecule has 0 aromatic heterocycles. The van der Waals surface area contributed by atoms with Gasteiger partial charge in [0.25, 0.3) is 0 Å². The van der Waals surface area contributed by atoms with Crippen molar-refractivity contribution < 1.29 is 4.74 Å². The molecule has 0 spiro atoms. The molecule has 4 nitrogen and oxygen atoms in total. The third-order valence-corrected chi connectivity index (χ3v) is 3.36. The smallest absolute Gasteiger partial charge is 0.191 e. The third-order valence-electron chi connectivity index (χ3n) is 3.36. The van der Waals surface area contributed by atoms with Gasteiger partial charge in [-0.1, -0.05) is 25.0 Å². The molecule has 0 atom stereocenters. The Kier molecular flexibility index (Phi) is 5.07. The molecule has 1 aromatic rings. The van der Waals surface area contributed by atoms with Gasteiger partial charge in [0.1, 0.15) is 5.75 Å². The fraction of sp³-hybridized carbons (Fsp3) is 0.533. The quantitative estimate of drug-likeness (QED) is 0.609. The number of benzene rings is 1. The molecular weight excluding hydrogens is 238 g/mol. The lowest BCUT2D eigenvalue weighted by molar-refractivity contribution is 0.414. The van der Waals surface area contributed by atoms with Crippen LogP contribution >= 0.6 is 0 Å². The van der Waals surface area contributed by atoms with Crippen LogP contribution in [-0.2, 0) is 6.54 Å². The molecule has 1 aromatic carbocycles. The number of hydrogen-bond acceptors (Lipinski definition) is 2. The van der Waals surface area contributed by atoms with Crippen LogP contribution in [0.25, 0.3) is 0 Å². The minimum atomic E-state index is 0.750. The summed E-state index contributed by atoms with van der Waals surface area (Å²) in [5.74, 6) is 2.70. The first-order chi connectivity index (χ1) is 9.31. The summed E-state index contributed by atoms with van der Waals surface area (Å²) in [6.07, 6.45) is 4.05. The van der Waals surface area contributed by atoms with Gasteiger partial charge < -0.3 is 15.4 Å². The molecule has 1 saturated carbocycles. The van der Waals surface area contributed by atoms with Crippen LogP contribution in [0, 0.1) is 5.92 Å². The Hall–Kier alpha value is -1.71. The van der Waals surface area contributed by atoms with Crippen LogP contribution < -0.4 is 15.4 Å². The molecule has 4 heteroatoms. The van der Waals surface area contributed by atoms with Gasteiger partial charge >= 0.3 is 0 Å². The first-order valence-corrected chi connectivity index (χ1v) is 6.89. The van der Waals surface area contributed by atoms with Crippen molar-refractivity contribution in [3.63, 3.8) is 0 Å². The summed E-state index contributed by atoms with van der Waals surface area (Å²) in [7, 11) is 3.49. The number of methoxy groups -OCH3 is 1. The van der Waals surface area contributed by atoms with Gasteiger partial charge in [0.05, 0.1) is 7.11 Å². The van der Waals surface area contributed by atoms with Crippen molar-refractivity contribution >= 4 is 5.96 Å². The second kappa shape index (κ2) is 7.02. The molecule has 0 radical (unpaired) electrons. The fourth-order valence-corrected chi connectivity index (χ4v) is 1.99. The van der Waals surface area contributed by atoms with E-state index in [0.29, 0.717) is 0 Å². The molecule has 1 aliphatic rings. The summed E-state index contributed by atoms with van der Waals surface area (Å²) in [6.45, 7) is 1.75. The van der Waals surface area contributed by atoms with Crippen molar-refractivity contribution in [2.75, 3.05) is 20.7 Å². The number of hydrogen-bond donors (Lipinski definition) is 2. The van der Waals surface area contributed by atoms with Crippen LogP contribution in [0.2, 0.25) is 0 Å². The second-order valence-corrected chi connectivity index (χ2v) is 4.94.